The molecule has 0 aliphatic carbocycles. The highest BCUT2D eigenvalue weighted by molar-refractivity contribution is 8.01. The predicted molar refractivity (Wildman–Crippen MR) is 114 cm³/mol. The second-order valence-corrected chi connectivity index (χ2v) is 9.87. The monoisotopic (exact) mass is 461 g/mol. The maximum Gasteiger partial charge on any atom is 0.248 e. The third-order valence-electron chi connectivity index (χ3n) is 4.19. The van der Waals surface area contributed by atoms with E-state index in [0.29, 0.717) is 47.1 Å². The number of sulfonamides is 1. The Morgan fingerprint density at radius 2 is 1.86 bits per heavy atom. The quantitative estimate of drug-likeness (QED) is 0.564. The number of halogens is 2. The summed E-state index contributed by atoms with van der Waals surface area (Å²) < 4.78 is 39.7. The minimum absolute atomic E-state index is 0.0953. The van der Waals surface area contributed by atoms with Crippen LogP contribution in [0.25, 0.3) is 0 Å². The standard InChI is InChI=1S/C19H21Cl2NO4S2/c1-3-25-14-6-8-17(26-4-2)18(12-14)28(23,24)22-9-10-27-19(22)15-7-5-13(20)11-16(15)21/h5-8,11-12,19H,3-4,9-10H2,1-2H3. The molecule has 28 heavy (non-hydrogen) atoms. The van der Waals surface area contributed by atoms with Crippen LogP contribution in [0.5, 0.6) is 11.5 Å². The lowest BCUT2D eigenvalue weighted by molar-refractivity contribution is 0.320. The molecule has 1 unspecified atom stereocenters. The van der Waals surface area contributed by atoms with Gasteiger partial charge in [0.05, 0.1) is 18.6 Å². The largest absolute Gasteiger partial charge is 0.494 e. The van der Waals surface area contributed by atoms with Gasteiger partial charge in [0.1, 0.15) is 16.4 Å². The summed E-state index contributed by atoms with van der Waals surface area (Å²) in [6.07, 6.45) is 0. The summed E-state index contributed by atoms with van der Waals surface area (Å²) in [5.41, 5.74) is 0.719. The first-order valence-corrected chi connectivity index (χ1v) is 12.1. The van der Waals surface area contributed by atoms with Crippen molar-refractivity contribution >= 4 is 45.0 Å². The van der Waals surface area contributed by atoms with Crippen LogP contribution >= 0.6 is 35.0 Å². The van der Waals surface area contributed by atoms with Crippen LogP contribution in [0.3, 0.4) is 0 Å². The summed E-state index contributed by atoms with van der Waals surface area (Å²) in [7, 11) is -3.84. The second kappa shape index (κ2) is 9.13. The van der Waals surface area contributed by atoms with Crippen LogP contribution in [-0.2, 0) is 10.0 Å². The minimum Gasteiger partial charge on any atom is -0.494 e. The molecule has 5 nitrogen and oxygen atoms in total. The topological polar surface area (TPSA) is 55.8 Å². The fourth-order valence-corrected chi connectivity index (χ4v) is 6.99. The molecule has 0 aromatic heterocycles. The third-order valence-corrected chi connectivity index (χ3v) is 8.01. The molecule has 1 fully saturated rings. The van der Waals surface area contributed by atoms with Crippen molar-refractivity contribution in [1.82, 2.24) is 4.31 Å². The molecule has 9 heteroatoms. The molecule has 0 spiro atoms. The van der Waals surface area contributed by atoms with Crippen molar-refractivity contribution in [1.29, 1.82) is 0 Å². The average molecular weight is 462 g/mol. The highest BCUT2D eigenvalue weighted by atomic mass is 35.5. The van der Waals surface area contributed by atoms with Gasteiger partial charge in [-0.15, -0.1) is 11.8 Å². The Kier molecular flexibility index (Phi) is 7.04. The summed E-state index contributed by atoms with van der Waals surface area (Å²) in [5, 5.41) is 0.523. The van der Waals surface area contributed by atoms with Crippen LogP contribution in [0.2, 0.25) is 10.0 Å². The van der Waals surface area contributed by atoms with Gasteiger partial charge in [-0.1, -0.05) is 29.3 Å². The molecule has 1 aliphatic heterocycles. The molecule has 0 saturated carbocycles. The Morgan fingerprint density at radius 1 is 1.11 bits per heavy atom. The van der Waals surface area contributed by atoms with Gasteiger partial charge in [0.25, 0.3) is 0 Å². The summed E-state index contributed by atoms with van der Waals surface area (Å²) in [5.74, 6) is 1.46. The van der Waals surface area contributed by atoms with Crippen LogP contribution in [0, 0.1) is 0 Å². The van der Waals surface area contributed by atoms with Crippen LogP contribution in [0.4, 0.5) is 0 Å². The molecule has 1 aliphatic rings. The number of rotatable bonds is 7. The molecule has 0 bridgehead atoms. The Morgan fingerprint density at radius 3 is 2.54 bits per heavy atom. The Balaban J connectivity index is 2.04. The zero-order chi connectivity index (χ0) is 20.3. The fraction of sp³-hybridized carbons (Fsp3) is 0.368. The molecule has 0 radical (unpaired) electrons. The Bertz CT molecular complexity index is 953. The van der Waals surface area contributed by atoms with Gasteiger partial charge in [0.15, 0.2) is 0 Å². The summed E-state index contributed by atoms with van der Waals surface area (Å²) in [4.78, 5) is 0.0953. The average Bonchev–Trinajstić information content (AvgIpc) is 3.13. The van der Waals surface area contributed by atoms with E-state index in [-0.39, 0.29) is 4.90 Å². The van der Waals surface area contributed by atoms with Crippen LogP contribution < -0.4 is 9.47 Å². The molecule has 2 aromatic carbocycles. The van der Waals surface area contributed by atoms with Gasteiger partial charge in [-0.25, -0.2) is 8.42 Å². The van der Waals surface area contributed by atoms with E-state index in [2.05, 4.69) is 0 Å². The molecule has 1 heterocycles. The van der Waals surface area contributed by atoms with Gasteiger partial charge in [0.2, 0.25) is 10.0 Å². The first kappa shape index (κ1) is 21.6. The third kappa shape index (κ3) is 4.39. The van der Waals surface area contributed by atoms with Crippen molar-refractivity contribution in [3.8, 4) is 11.5 Å². The molecular formula is C19H21Cl2NO4S2. The number of benzene rings is 2. The van der Waals surface area contributed by atoms with Crippen molar-refractivity contribution in [3.05, 3.63) is 52.0 Å². The lowest BCUT2D eigenvalue weighted by Crippen LogP contribution is -2.31. The van der Waals surface area contributed by atoms with Crippen LogP contribution in [0.1, 0.15) is 24.8 Å². The number of nitrogens with zero attached hydrogens (tertiary/aromatic N) is 1. The van der Waals surface area contributed by atoms with Gasteiger partial charge in [-0.3, -0.25) is 0 Å². The molecule has 1 saturated heterocycles. The number of thioether (sulfide) groups is 1. The van der Waals surface area contributed by atoms with Crippen molar-refractivity contribution in [3.63, 3.8) is 0 Å². The maximum atomic E-state index is 13.6. The Labute approximate surface area is 180 Å². The molecule has 0 amide bonds. The molecule has 2 aromatic rings. The van der Waals surface area contributed by atoms with Gasteiger partial charge >= 0.3 is 0 Å². The minimum atomic E-state index is -3.84. The van der Waals surface area contributed by atoms with Crippen molar-refractivity contribution in [2.75, 3.05) is 25.5 Å². The van der Waals surface area contributed by atoms with Crippen molar-refractivity contribution in [2.24, 2.45) is 0 Å². The molecule has 3 rings (SSSR count). The lowest BCUT2D eigenvalue weighted by Gasteiger charge is -2.25. The lowest BCUT2D eigenvalue weighted by atomic mass is 10.2. The molecule has 0 N–H and O–H groups in total. The van der Waals surface area contributed by atoms with Crippen LogP contribution in [-0.4, -0.2) is 38.2 Å². The van der Waals surface area contributed by atoms with E-state index in [1.165, 1.54) is 22.1 Å². The zero-order valence-corrected chi connectivity index (χ0v) is 18.7. The molecular weight excluding hydrogens is 441 g/mol. The van der Waals surface area contributed by atoms with E-state index in [1.54, 1.807) is 30.3 Å². The predicted octanol–water partition coefficient (Wildman–Crippen LogP) is 5.23. The zero-order valence-electron chi connectivity index (χ0n) is 15.5. The number of hydrogen-bond donors (Lipinski definition) is 0. The fourth-order valence-electron chi connectivity index (χ4n) is 3.00. The first-order chi connectivity index (χ1) is 13.4. The van der Waals surface area contributed by atoms with E-state index in [4.69, 9.17) is 32.7 Å². The highest BCUT2D eigenvalue weighted by Gasteiger charge is 2.39. The highest BCUT2D eigenvalue weighted by Crippen LogP contribution is 2.45. The second-order valence-electron chi connectivity index (χ2n) is 5.98. The van der Waals surface area contributed by atoms with Gasteiger partial charge in [0, 0.05) is 28.4 Å². The van der Waals surface area contributed by atoms with E-state index in [1.807, 2.05) is 13.8 Å². The van der Waals surface area contributed by atoms with Gasteiger partial charge < -0.3 is 9.47 Å². The van der Waals surface area contributed by atoms with E-state index in [0.717, 1.165) is 5.56 Å². The van der Waals surface area contributed by atoms with Crippen molar-refractivity contribution in [2.45, 2.75) is 24.1 Å². The molecule has 1 atom stereocenters. The number of hydrogen-bond acceptors (Lipinski definition) is 5. The van der Waals surface area contributed by atoms with Gasteiger partial charge in [-0.2, -0.15) is 4.31 Å². The van der Waals surface area contributed by atoms with E-state index >= 15 is 0 Å². The van der Waals surface area contributed by atoms with E-state index < -0.39 is 15.4 Å². The smallest absolute Gasteiger partial charge is 0.248 e. The SMILES string of the molecule is CCOc1ccc(OCC)c(S(=O)(=O)N2CCSC2c2ccc(Cl)cc2Cl)c1. The van der Waals surface area contributed by atoms with Crippen LogP contribution in [0.15, 0.2) is 41.3 Å². The summed E-state index contributed by atoms with van der Waals surface area (Å²) in [6.45, 7) is 4.84. The maximum absolute atomic E-state index is 13.6. The Hall–Kier alpha value is -1.12. The van der Waals surface area contributed by atoms with Crippen molar-refractivity contribution < 1.29 is 17.9 Å². The molecule has 152 valence electrons. The number of ether oxygens (including phenoxy) is 2. The van der Waals surface area contributed by atoms with E-state index in [9.17, 15) is 8.42 Å². The summed E-state index contributed by atoms with van der Waals surface area (Å²) >= 11 is 13.9. The first-order valence-electron chi connectivity index (χ1n) is 8.86. The van der Waals surface area contributed by atoms with Gasteiger partial charge in [-0.05, 0) is 43.7 Å². The normalized spacial score (nSPS) is 17.6. The summed E-state index contributed by atoms with van der Waals surface area (Å²) in [6, 6.07) is 9.98.